The van der Waals surface area contributed by atoms with Crippen molar-refractivity contribution in [3.63, 3.8) is 0 Å². The molecule has 1 heterocycles. The highest BCUT2D eigenvalue weighted by atomic mass is 19.4. The van der Waals surface area contributed by atoms with Crippen molar-refractivity contribution in [3.8, 4) is 0 Å². The van der Waals surface area contributed by atoms with Crippen molar-refractivity contribution in [3.05, 3.63) is 0 Å². The second-order valence-electron chi connectivity index (χ2n) is 3.20. The molecule has 0 saturated carbocycles. The van der Waals surface area contributed by atoms with Gasteiger partial charge in [0.05, 0.1) is 0 Å². The van der Waals surface area contributed by atoms with Crippen LogP contribution in [0.2, 0.25) is 0 Å². The SMILES string of the molecule is O=C(O)CN1C(F)(F)C(F)(F)OC(F)(F)C1(F)F. The third-order valence-corrected chi connectivity index (χ3v) is 1.93. The summed E-state index contributed by atoms with van der Waals surface area (Å²) >= 11 is 0. The van der Waals surface area contributed by atoms with Gasteiger partial charge in [0.1, 0.15) is 6.54 Å². The summed E-state index contributed by atoms with van der Waals surface area (Å²) < 4.78 is 103. The van der Waals surface area contributed by atoms with Crippen molar-refractivity contribution in [1.82, 2.24) is 4.90 Å². The van der Waals surface area contributed by atoms with E-state index in [1.165, 1.54) is 0 Å². The van der Waals surface area contributed by atoms with E-state index in [9.17, 15) is 39.9 Å². The van der Waals surface area contributed by atoms with E-state index in [0.29, 0.717) is 0 Å². The first-order chi connectivity index (χ1) is 7.76. The fourth-order valence-corrected chi connectivity index (χ4v) is 1.11. The predicted octanol–water partition coefficient (Wildman–Crippen LogP) is 1.77. The zero-order valence-corrected chi connectivity index (χ0v) is 7.94. The summed E-state index contributed by atoms with van der Waals surface area (Å²) in [5, 5.41) is 8.03. The summed E-state index contributed by atoms with van der Waals surface area (Å²) in [6, 6.07) is -11.8. The van der Waals surface area contributed by atoms with Gasteiger partial charge >= 0.3 is 30.3 Å². The monoisotopic (exact) mass is 289 g/mol. The number of alkyl halides is 8. The molecule has 0 aromatic rings. The number of morpholine rings is 1. The number of carboxylic acid groups (broad SMARTS) is 1. The van der Waals surface area contributed by atoms with Crippen LogP contribution in [-0.4, -0.2) is 46.8 Å². The van der Waals surface area contributed by atoms with E-state index >= 15 is 0 Å². The minimum Gasteiger partial charge on any atom is -0.480 e. The molecule has 106 valence electrons. The van der Waals surface area contributed by atoms with E-state index in [1.807, 2.05) is 0 Å². The molecule has 1 aliphatic heterocycles. The second kappa shape index (κ2) is 3.66. The van der Waals surface area contributed by atoms with E-state index in [2.05, 4.69) is 4.74 Å². The quantitative estimate of drug-likeness (QED) is 0.622. The highest BCUT2D eigenvalue weighted by molar-refractivity contribution is 5.69. The molecular weight excluding hydrogens is 286 g/mol. The highest BCUT2D eigenvalue weighted by Gasteiger charge is 2.82. The Bertz CT molecular complexity index is 344. The Hall–Kier alpha value is -1.17. The lowest BCUT2D eigenvalue weighted by Crippen LogP contribution is -2.74. The van der Waals surface area contributed by atoms with Gasteiger partial charge in [-0.1, -0.05) is 0 Å². The molecule has 0 amide bonds. The normalized spacial score (nSPS) is 28.9. The average molecular weight is 289 g/mol. The minimum absolute atomic E-state index is 2.10. The molecule has 0 bridgehead atoms. The Kier molecular flexibility index (Phi) is 3.03. The lowest BCUT2D eigenvalue weighted by Gasteiger charge is -2.46. The van der Waals surface area contributed by atoms with Gasteiger partial charge < -0.3 is 5.11 Å². The molecule has 1 saturated heterocycles. The summed E-state index contributed by atoms with van der Waals surface area (Å²) in [7, 11) is 0. The number of aliphatic carboxylic acids is 1. The summed E-state index contributed by atoms with van der Waals surface area (Å²) in [5.74, 6) is -2.43. The molecule has 0 unspecified atom stereocenters. The molecule has 1 fully saturated rings. The van der Waals surface area contributed by atoms with Crippen LogP contribution in [0.25, 0.3) is 0 Å². The molecule has 0 aromatic carbocycles. The molecule has 0 aliphatic carbocycles. The fraction of sp³-hybridized carbons (Fsp3) is 0.833. The number of ether oxygens (including phenoxy) is 1. The summed E-state index contributed by atoms with van der Waals surface area (Å²) in [6.07, 6.45) is -12.0. The van der Waals surface area contributed by atoms with Crippen LogP contribution in [0.1, 0.15) is 0 Å². The molecule has 1 aliphatic rings. The Morgan fingerprint density at radius 2 is 1.28 bits per heavy atom. The van der Waals surface area contributed by atoms with E-state index in [1.54, 1.807) is 0 Å². The van der Waals surface area contributed by atoms with Gasteiger partial charge in [-0.2, -0.15) is 40.0 Å². The lowest BCUT2D eigenvalue weighted by atomic mass is 10.2. The van der Waals surface area contributed by atoms with Crippen molar-refractivity contribution in [2.45, 2.75) is 24.3 Å². The average Bonchev–Trinajstić information content (AvgIpc) is 2.09. The maximum atomic E-state index is 12.8. The summed E-state index contributed by atoms with van der Waals surface area (Å²) in [5.41, 5.74) is 0. The molecule has 0 atom stereocenters. The van der Waals surface area contributed by atoms with Crippen LogP contribution in [0, 0.1) is 0 Å². The number of carboxylic acids is 1. The van der Waals surface area contributed by atoms with Gasteiger partial charge in [-0.3, -0.25) is 4.79 Å². The first-order valence-corrected chi connectivity index (χ1v) is 3.96. The second-order valence-corrected chi connectivity index (χ2v) is 3.20. The maximum Gasteiger partial charge on any atom is 0.439 e. The first-order valence-electron chi connectivity index (χ1n) is 3.96. The van der Waals surface area contributed by atoms with E-state index in [4.69, 9.17) is 5.11 Å². The van der Waals surface area contributed by atoms with E-state index in [0.717, 1.165) is 0 Å². The Labute approximate surface area is 92.7 Å². The first kappa shape index (κ1) is 14.9. The Morgan fingerprint density at radius 1 is 0.944 bits per heavy atom. The maximum absolute atomic E-state index is 12.8. The summed E-state index contributed by atoms with van der Waals surface area (Å²) in [4.78, 5) is 7.91. The van der Waals surface area contributed by atoms with Crippen LogP contribution in [0.3, 0.4) is 0 Å². The molecule has 18 heavy (non-hydrogen) atoms. The van der Waals surface area contributed by atoms with Gasteiger partial charge in [-0.25, -0.2) is 4.74 Å². The van der Waals surface area contributed by atoms with Crippen LogP contribution in [-0.2, 0) is 9.53 Å². The predicted molar refractivity (Wildman–Crippen MR) is 35.2 cm³/mol. The largest absolute Gasteiger partial charge is 0.480 e. The van der Waals surface area contributed by atoms with Gasteiger partial charge in [0.2, 0.25) is 0 Å². The molecule has 0 aromatic heterocycles. The molecule has 0 radical (unpaired) electrons. The van der Waals surface area contributed by atoms with Gasteiger partial charge in [-0.05, 0) is 0 Å². The van der Waals surface area contributed by atoms with Crippen molar-refractivity contribution in [2.24, 2.45) is 0 Å². The summed E-state index contributed by atoms with van der Waals surface area (Å²) in [6.45, 7) is -2.44. The molecular formula is C6H3F8NO3. The minimum atomic E-state index is -5.98. The standard InChI is InChI=1S/C6H3F8NO3/c7-3(8)5(11,12)18-6(13,14)4(9,10)15(3)1-2(16)17/h1H2,(H,16,17). The van der Waals surface area contributed by atoms with Crippen LogP contribution in [0.15, 0.2) is 0 Å². The Balaban J connectivity index is 3.33. The third-order valence-electron chi connectivity index (χ3n) is 1.93. The van der Waals surface area contributed by atoms with Gasteiger partial charge in [0, 0.05) is 0 Å². The number of halogens is 8. The van der Waals surface area contributed by atoms with Crippen LogP contribution >= 0.6 is 0 Å². The fourth-order valence-electron chi connectivity index (χ4n) is 1.11. The number of nitrogens with zero attached hydrogens (tertiary/aromatic N) is 1. The van der Waals surface area contributed by atoms with Crippen molar-refractivity contribution >= 4 is 5.97 Å². The number of rotatable bonds is 2. The zero-order chi connectivity index (χ0) is 14.6. The lowest BCUT2D eigenvalue weighted by molar-refractivity contribution is -0.561. The highest BCUT2D eigenvalue weighted by Crippen LogP contribution is 2.55. The van der Waals surface area contributed by atoms with Crippen LogP contribution in [0.4, 0.5) is 35.1 Å². The molecule has 1 rings (SSSR count). The molecule has 0 spiro atoms. The van der Waals surface area contributed by atoms with Crippen molar-refractivity contribution < 1.29 is 49.8 Å². The molecule has 1 N–H and O–H groups in total. The van der Waals surface area contributed by atoms with E-state index < -0.39 is 41.7 Å². The molecule has 12 heteroatoms. The van der Waals surface area contributed by atoms with Gasteiger partial charge in [0.15, 0.2) is 0 Å². The topological polar surface area (TPSA) is 49.8 Å². The van der Waals surface area contributed by atoms with Crippen LogP contribution < -0.4 is 0 Å². The van der Waals surface area contributed by atoms with Crippen LogP contribution in [0.5, 0.6) is 0 Å². The van der Waals surface area contributed by atoms with E-state index in [-0.39, 0.29) is 0 Å². The Morgan fingerprint density at radius 3 is 1.56 bits per heavy atom. The van der Waals surface area contributed by atoms with Crippen molar-refractivity contribution in [1.29, 1.82) is 0 Å². The molecule has 4 nitrogen and oxygen atoms in total. The number of carbonyl (C=O) groups is 1. The van der Waals surface area contributed by atoms with Gasteiger partial charge in [-0.15, -0.1) is 0 Å². The number of hydrogen-bond donors (Lipinski definition) is 1. The smallest absolute Gasteiger partial charge is 0.439 e. The third kappa shape index (κ3) is 1.88. The number of hydrogen-bond acceptors (Lipinski definition) is 3. The zero-order valence-electron chi connectivity index (χ0n) is 7.94. The van der Waals surface area contributed by atoms with Gasteiger partial charge in [0.25, 0.3) is 0 Å². The van der Waals surface area contributed by atoms with Crippen molar-refractivity contribution in [2.75, 3.05) is 6.54 Å².